The Balaban J connectivity index is 3.34. The van der Waals surface area contributed by atoms with Gasteiger partial charge in [-0.1, -0.05) is 105 Å². The van der Waals surface area contributed by atoms with Crippen molar-refractivity contribution in [2.24, 2.45) is 29.6 Å². The van der Waals surface area contributed by atoms with Gasteiger partial charge in [0.05, 0.1) is 42.7 Å². The highest BCUT2D eigenvalue weighted by Crippen LogP contribution is 2.25. The molecule has 0 aliphatic heterocycles. The Labute approximate surface area is 334 Å². The van der Waals surface area contributed by atoms with E-state index in [0.717, 1.165) is 6.42 Å². The lowest BCUT2D eigenvalue weighted by atomic mass is 9.88. The van der Waals surface area contributed by atoms with E-state index >= 15 is 0 Å². The molecule has 0 aliphatic carbocycles. The molecule has 0 fully saturated rings. The van der Waals surface area contributed by atoms with Crippen LogP contribution in [0.25, 0.3) is 0 Å². The van der Waals surface area contributed by atoms with E-state index in [1.54, 1.807) is 50.2 Å². The molecule has 4 amide bonds. The molecule has 14 heteroatoms. The molecule has 5 N–H and O–H groups in total. The molecule has 1 rings (SSSR count). The number of carbonyl (C=O) groups excluding carboxylic acids is 4. The number of halogens is 1. The third-order valence-corrected chi connectivity index (χ3v) is 11.2. The van der Waals surface area contributed by atoms with Crippen molar-refractivity contribution in [2.45, 2.75) is 137 Å². The number of likely N-dealkylation sites (N-methyl/N-ethyl adjacent to an activating group) is 2. The summed E-state index contributed by atoms with van der Waals surface area (Å²) >= 11 is 6.28. The molecule has 314 valence electrons. The van der Waals surface area contributed by atoms with Gasteiger partial charge in [-0.05, 0) is 48.8 Å². The molecule has 0 radical (unpaired) electrons. The summed E-state index contributed by atoms with van der Waals surface area (Å²) in [4.78, 5) is 68.7. The first kappa shape index (κ1) is 49.8. The number of carboxylic acid groups (broad SMARTS) is 1. The van der Waals surface area contributed by atoms with E-state index in [-0.39, 0.29) is 54.2 Å². The van der Waals surface area contributed by atoms with E-state index in [9.17, 15) is 29.1 Å². The summed E-state index contributed by atoms with van der Waals surface area (Å²) < 4.78 is 11.8. The van der Waals surface area contributed by atoms with Crippen LogP contribution < -0.4 is 21.3 Å². The molecule has 10 atom stereocenters. The lowest BCUT2D eigenvalue weighted by molar-refractivity contribution is -0.145. The molecule has 0 saturated carbocycles. The van der Waals surface area contributed by atoms with Crippen molar-refractivity contribution in [3.8, 4) is 0 Å². The maximum atomic E-state index is 14.1. The van der Waals surface area contributed by atoms with Gasteiger partial charge < -0.3 is 40.7 Å². The molecule has 0 aliphatic rings. The third kappa shape index (κ3) is 15.0. The maximum Gasteiger partial charge on any atom is 0.326 e. The number of hydrogen-bond donors (Lipinski definition) is 5. The Hall–Kier alpha value is -3.26. The minimum Gasteiger partial charge on any atom is -0.480 e. The number of amides is 4. The first-order valence-corrected chi connectivity index (χ1v) is 20.0. The minimum atomic E-state index is -1.24. The second-order valence-corrected chi connectivity index (χ2v) is 16.1. The number of nitrogens with one attached hydrogen (secondary N) is 4. The fraction of sp³-hybridized carbons (Fsp3) is 0.732. The quantitative estimate of drug-likeness (QED) is 0.0941. The standard InChI is InChI=1S/C41H70ClN5O8/c1-14-25(7)20-30(37(55-13)27(9)38(49)45-31(41(52)53)21-28-18-16-17-19-29(28)42)44-33(48)22-32(54-12)36(26(8)15-2)47(11)40(51)35(24(5)6)46-39(50)34(43-10)23(3)4/h16-19,23-27,30-32,34-37,43H,14-15,20-22H2,1-13H3,(H,44,48)(H,45,49)(H,46,50)(H,52,53)/t25-,26-,27+,30-,31-,32+,34-,35-,36?,37+/m0/s1. The molecule has 0 bridgehead atoms. The van der Waals surface area contributed by atoms with E-state index in [1.807, 2.05) is 55.4 Å². The van der Waals surface area contributed by atoms with Gasteiger partial charge >= 0.3 is 5.97 Å². The van der Waals surface area contributed by atoms with Gasteiger partial charge in [0.1, 0.15) is 12.1 Å². The molecule has 1 aromatic carbocycles. The number of aliphatic carboxylic acids is 1. The topological polar surface area (TPSA) is 175 Å². The summed E-state index contributed by atoms with van der Waals surface area (Å²) in [5.74, 6) is -3.60. The maximum absolute atomic E-state index is 14.1. The van der Waals surface area contributed by atoms with Crippen LogP contribution in [0, 0.1) is 29.6 Å². The molecule has 0 heterocycles. The zero-order valence-corrected chi connectivity index (χ0v) is 36.2. The van der Waals surface area contributed by atoms with E-state index in [4.69, 9.17) is 21.1 Å². The van der Waals surface area contributed by atoms with Gasteiger partial charge in [0.2, 0.25) is 23.6 Å². The zero-order valence-electron chi connectivity index (χ0n) is 35.4. The lowest BCUT2D eigenvalue weighted by Gasteiger charge is -2.40. The van der Waals surface area contributed by atoms with Gasteiger partial charge in [0, 0.05) is 32.7 Å². The minimum absolute atomic E-state index is 0.00928. The second kappa shape index (κ2) is 24.4. The molecule has 0 spiro atoms. The average molecular weight is 796 g/mol. The summed E-state index contributed by atoms with van der Waals surface area (Å²) in [5, 5.41) is 22.1. The van der Waals surface area contributed by atoms with Gasteiger partial charge in [0.25, 0.3) is 0 Å². The summed E-state index contributed by atoms with van der Waals surface area (Å²) in [6.45, 7) is 17.4. The fourth-order valence-corrected chi connectivity index (χ4v) is 7.26. The number of rotatable bonds is 25. The van der Waals surface area contributed by atoms with Crippen LogP contribution in [0.4, 0.5) is 0 Å². The highest BCUT2D eigenvalue weighted by atomic mass is 35.5. The van der Waals surface area contributed by atoms with Crippen molar-refractivity contribution < 1.29 is 38.6 Å². The van der Waals surface area contributed by atoms with Crippen LogP contribution in [0.2, 0.25) is 5.02 Å². The summed E-state index contributed by atoms with van der Waals surface area (Å²) in [7, 11) is 6.37. The average Bonchev–Trinajstić information content (AvgIpc) is 3.13. The van der Waals surface area contributed by atoms with Gasteiger partial charge in [-0.15, -0.1) is 0 Å². The van der Waals surface area contributed by atoms with Crippen molar-refractivity contribution >= 4 is 41.2 Å². The third-order valence-electron chi connectivity index (χ3n) is 10.9. The first-order valence-electron chi connectivity index (χ1n) is 19.6. The van der Waals surface area contributed by atoms with Crippen molar-refractivity contribution in [3.05, 3.63) is 34.9 Å². The molecule has 55 heavy (non-hydrogen) atoms. The predicted octanol–water partition coefficient (Wildman–Crippen LogP) is 4.69. The molecule has 1 aromatic rings. The van der Waals surface area contributed by atoms with Gasteiger partial charge in [-0.25, -0.2) is 4.79 Å². The van der Waals surface area contributed by atoms with Crippen LogP contribution in [0.3, 0.4) is 0 Å². The van der Waals surface area contributed by atoms with Crippen molar-refractivity contribution in [2.75, 3.05) is 28.3 Å². The van der Waals surface area contributed by atoms with Crippen LogP contribution >= 0.6 is 11.6 Å². The van der Waals surface area contributed by atoms with Crippen LogP contribution in [-0.2, 0) is 39.9 Å². The largest absolute Gasteiger partial charge is 0.480 e. The van der Waals surface area contributed by atoms with Crippen LogP contribution in [0.15, 0.2) is 24.3 Å². The number of ether oxygens (including phenoxy) is 2. The molecule has 1 unspecified atom stereocenters. The summed E-state index contributed by atoms with van der Waals surface area (Å²) in [6, 6.07) is 3.23. The molecule has 13 nitrogen and oxygen atoms in total. The number of methoxy groups -OCH3 is 2. The first-order chi connectivity index (χ1) is 25.8. The number of carbonyl (C=O) groups is 5. The van der Waals surface area contributed by atoms with Crippen LogP contribution in [0.5, 0.6) is 0 Å². The Morgan fingerprint density at radius 2 is 1.44 bits per heavy atom. The van der Waals surface area contributed by atoms with Gasteiger partial charge in [-0.3, -0.25) is 19.2 Å². The molecular formula is C41H70ClN5O8. The molecule has 0 saturated heterocycles. The van der Waals surface area contributed by atoms with Crippen molar-refractivity contribution in [1.29, 1.82) is 0 Å². The smallest absolute Gasteiger partial charge is 0.326 e. The number of carboxylic acids is 1. The fourth-order valence-electron chi connectivity index (χ4n) is 7.05. The van der Waals surface area contributed by atoms with E-state index in [2.05, 4.69) is 21.3 Å². The normalized spacial score (nSPS) is 17.2. The second-order valence-electron chi connectivity index (χ2n) is 15.7. The molecule has 0 aromatic heterocycles. The van der Waals surface area contributed by atoms with Crippen molar-refractivity contribution in [1.82, 2.24) is 26.2 Å². The Bertz CT molecular complexity index is 1380. The van der Waals surface area contributed by atoms with Crippen molar-refractivity contribution in [3.63, 3.8) is 0 Å². The van der Waals surface area contributed by atoms with Gasteiger partial charge in [-0.2, -0.15) is 0 Å². The SMILES string of the molecule is CC[C@H](C)C[C@H](NC(=O)C[C@@H](OC)C([C@@H](C)CC)N(C)C(=O)[C@@H](NC(=O)[C@@H](NC)C(C)C)C(C)C)[C@H](OC)[C@@H](C)C(=O)N[C@@H](Cc1ccccc1Cl)C(=O)O. The monoisotopic (exact) mass is 795 g/mol. The van der Waals surface area contributed by atoms with E-state index in [0.29, 0.717) is 23.4 Å². The number of benzene rings is 1. The number of hydrogen-bond acceptors (Lipinski definition) is 8. The number of nitrogens with zero attached hydrogens (tertiary/aromatic N) is 1. The molecular weight excluding hydrogens is 726 g/mol. The highest BCUT2D eigenvalue weighted by Gasteiger charge is 2.40. The Morgan fingerprint density at radius 3 is 1.91 bits per heavy atom. The van der Waals surface area contributed by atoms with Crippen LogP contribution in [-0.4, -0.2) is 110 Å². The van der Waals surface area contributed by atoms with E-state index < -0.39 is 60.2 Å². The highest BCUT2D eigenvalue weighted by molar-refractivity contribution is 6.31. The Morgan fingerprint density at radius 1 is 0.836 bits per heavy atom. The van der Waals surface area contributed by atoms with Gasteiger partial charge in [0.15, 0.2) is 0 Å². The van der Waals surface area contributed by atoms with Crippen LogP contribution in [0.1, 0.15) is 93.6 Å². The van der Waals surface area contributed by atoms with E-state index in [1.165, 1.54) is 14.2 Å². The zero-order chi connectivity index (χ0) is 42.2. The summed E-state index contributed by atoms with van der Waals surface area (Å²) in [6.07, 6.45) is 0.385. The summed E-state index contributed by atoms with van der Waals surface area (Å²) in [5.41, 5.74) is 0.587. The lowest BCUT2D eigenvalue weighted by Crippen LogP contribution is -2.59. The Kier molecular flexibility index (Phi) is 22.1. The predicted molar refractivity (Wildman–Crippen MR) is 217 cm³/mol.